The first kappa shape index (κ1) is 20.6. The fraction of sp³-hybridized carbons (Fsp3) is 0.500. The molecule has 0 fully saturated rings. The summed E-state index contributed by atoms with van der Waals surface area (Å²) < 4.78 is 0. The summed E-state index contributed by atoms with van der Waals surface area (Å²) in [4.78, 5) is 2.28. The van der Waals surface area contributed by atoms with Crippen molar-refractivity contribution in [2.75, 3.05) is 0 Å². The van der Waals surface area contributed by atoms with Crippen molar-refractivity contribution in [3.8, 4) is 0 Å². The second kappa shape index (κ2) is 7.02. The zero-order chi connectivity index (χ0) is 20.0. The SMILES string of the molecule is CC1(C)CCC(C)(C)c2cc(C(=Cc3ccc(CO)s3)[Si](C)(C)C)ccc21. The third-order valence-corrected chi connectivity index (χ3v) is 9.16. The molecule has 0 unspecified atom stereocenters. The van der Waals surface area contributed by atoms with Crippen molar-refractivity contribution in [3.05, 3.63) is 56.8 Å². The van der Waals surface area contributed by atoms with Gasteiger partial charge in [0, 0.05) is 9.75 Å². The first-order chi connectivity index (χ1) is 12.4. The standard InChI is InChI=1S/C24H34OSSi/c1-23(2)12-13-24(3,4)21-14-17(8-11-20(21)23)22(27(5,6)7)15-18-9-10-19(16-25)26-18/h8-11,14-15,25H,12-13,16H2,1-7H3. The van der Waals surface area contributed by atoms with Gasteiger partial charge in [-0.05, 0) is 58.6 Å². The summed E-state index contributed by atoms with van der Waals surface area (Å²) in [7, 11) is -1.53. The summed E-state index contributed by atoms with van der Waals surface area (Å²) in [6.07, 6.45) is 4.87. The van der Waals surface area contributed by atoms with E-state index in [4.69, 9.17) is 0 Å². The maximum absolute atomic E-state index is 9.40. The number of fused-ring (bicyclic) bond motifs is 1. The van der Waals surface area contributed by atoms with Gasteiger partial charge >= 0.3 is 0 Å². The maximum Gasteiger partial charge on any atom is 0.0784 e. The van der Waals surface area contributed by atoms with Crippen LogP contribution in [-0.4, -0.2) is 13.2 Å². The summed E-state index contributed by atoms with van der Waals surface area (Å²) in [6, 6.07) is 11.4. The predicted octanol–water partition coefficient (Wildman–Crippen LogP) is 7.01. The van der Waals surface area contributed by atoms with Crippen LogP contribution in [0.2, 0.25) is 19.6 Å². The zero-order valence-corrected chi connectivity index (χ0v) is 19.8. The Bertz CT molecular complexity index is 865. The van der Waals surface area contributed by atoms with Gasteiger partial charge in [-0.15, -0.1) is 11.3 Å². The molecule has 27 heavy (non-hydrogen) atoms. The Morgan fingerprint density at radius 3 is 2.19 bits per heavy atom. The van der Waals surface area contributed by atoms with Crippen molar-refractivity contribution < 1.29 is 5.11 Å². The van der Waals surface area contributed by atoms with E-state index in [2.05, 4.69) is 77.7 Å². The lowest BCUT2D eigenvalue weighted by molar-refractivity contribution is 0.285. The Morgan fingerprint density at radius 2 is 1.63 bits per heavy atom. The molecular weight excluding hydrogens is 364 g/mol. The van der Waals surface area contributed by atoms with E-state index in [-0.39, 0.29) is 17.4 Å². The van der Waals surface area contributed by atoms with Crippen molar-refractivity contribution in [1.82, 2.24) is 0 Å². The van der Waals surface area contributed by atoms with Gasteiger partial charge in [-0.2, -0.15) is 0 Å². The van der Waals surface area contributed by atoms with Crippen molar-refractivity contribution in [2.45, 2.75) is 77.6 Å². The van der Waals surface area contributed by atoms with Crippen LogP contribution in [0.1, 0.15) is 67.0 Å². The van der Waals surface area contributed by atoms with Gasteiger partial charge < -0.3 is 5.11 Å². The molecule has 1 aliphatic rings. The molecule has 3 rings (SSSR count). The van der Waals surface area contributed by atoms with Crippen LogP contribution in [0.25, 0.3) is 11.3 Å². The minimum atomic E-state index is -1.53. The predicted molar refractivity (Wildman–Crippen MR) is 123 cm³/mol. The molecular formula is C24H34OSSi. The Hall–Kier alpha value is -1.16. The van der Waals surface area contributed by atoms with Crippen LogP contribution in [-0.2, 0) is 17.4 Å². The molecule has 1 aliphatic carbocycles. The minimum absolute atomic E-state index is 0.128. The Labute approximate surface area is 170 Å². The molecule has 1 aromatic heterocycles. The van der Waals surface area contributed by atoms with Gasteiger partial charge in [0.05, 0.1) is 14.7 Å². The van der Waals surface area contributed by atoms with E-state index < -0.39 is 8.07 Å². The third kappa shape index (κ3) is 4.15. The number of benzene rings is 1. The van der Waals surface area contributed by atoms with Crippen LogP contribution in [0.4, 0.5) is 0 Å². The molecule has 0 amide bonds. The number of aliphatic hydroxyl groups is 1. The lowest BCUT2D eigenvalue weighted by Crippen LogP contribution is -2.34. The summed E-state index contributed by atoms with van der Waals surface area (Å²) in [5.41, 5.74) is 4.94. The fourth-order valence-electron chi connectivity index (χ4n) is 4.19. The Morgan fingerprint density at radius 1 is 1.00 bits per heavy atom. The smallest absolute Gasteiger partial charge is 0.0784 e. The van der Waals surface area contributed by atoms with Gasteiger partial charge in [0.2, 0.25) is 0 Å². The molecule has 0 saturated carbocycles. The van der Waals surface area contributed by atoms with E-state index in [9.17, 15) is 5.11 Å². The van der Waals surface area contributed by atoms with Gasteiger partial charge in [0.1, 0.15) is 0 Å². The van der Waals surface area contributed by atoms with E-state index in [1.165, 1.54) is 39.6 Å². The molecule has 146 valence electrons. The average molecular weight is 399 g/mol. The molecule has 0 spiro atoms. The molecule has 0 saturated heterocycles. The van der Waals surface area contributed by atoms with E-state index in [0.29, 0.717) is 0 Å². The van der Waals surface area contributed by atoms with Crippen molar-refractivity contribution >= 4 is 30.7 Å². The van der Waals surface area contributed by atoms with Gasteiger partial charge in [-0.3, -0.25) is 0 Å². The molecule has 1 nitrogen and oxygen atoms in total. The van der Waals surface area contributed by atoms with E-state index in [1.807, 2.05) is 6.07 Å². The van der Waals surface area contributed by atoms with Crippen LogP contribution in [0.5, 0.6) is 0 Å². The van der Waals surface area contributed by atoms with Crippen LogP contribution >= 0.6 is 11.3 Å². The molecule has 0 radical (unpaired) electrons. The lowest BCUT2D eigenvalue weighted by Gasteiger charge is -2.42. The molecule has 0 aliphatic heterocycles. The van der Waals surface area contributed by atoms with Crippen LogP contribution < -0.4 is 0 Å². The lowest BCUT2D eigenvalue weighted by atomic mass is 9.63. The minimum Gasteiger partial charge on any atom is -0.391 e. The van der Waals surface area contributed by atoms with E-state index in [1.54, 1.807) is 11.3 Å². The summed E-state index contributed by atoms with van der Waals surface area (Å²) in [6.45, 7) is 17.0. The number of hydrogen-bond acceptors (Lipinski definition) is 2. The normalized spacial score (nSPS) is 19.0. The van der Waals surface area contributed by atoms with E-state index in [0.717, 1.165) is 4.88 Å². The quantitative estimate of drug-likeness (QED) is 0.549. The topological polar surface area (TPSA) is 20.2 Å². The number of hydrogen-bond donors (Lipinski definition) is 1. The van der Waals surface area contributed by atoms with Crippen LogP contribution in [0.15, 0.2) is 30.3 Å². The maximum atomic E-state index is 9.40. The number of thiophene rings is 1. The number of aliphatic hydroxyl groups excluding tert-OH is 1. The Balaban J connectivity index is 2.14. The molecule has 0 atom stereocenters. The second-order valence-corrected chi connectivity index (χ2v) is 16.5. The zero-order valence-electron chi connectivity index (χ0n) is 17.9. The molecule has 1 heterocycles. The molecule has 1 N–H and O–H groups in total. The highest BCUT2D eigenvalue weighted by atomic mass is 32.1. The van der Waals surface area contributed by atoms with Crippen LogP contribution in [0.3, 0.4) is 0 Å². The van der Waals surface area contributed by atoms with Crippen molar-refractivity contribution in [2.24, 2.45) is 0 Å². The first-order valence-electron chi connectivity index (χ1n) is 10.0. The average Bonchev–Trinajstić information content (AvgIpc) is 3.03. The van der Waals surface area contributed by atoms with Gasteiger partial charge in [0.25, 0.3) is 0 Å². The van der Waals surface area contributed by atoms with Crippen molar-refractivity contribution in [3.63, 3.8) is 0 Å². The first-order valence-corrected chi connectivity index (χ1v) is 14.3. The summed E-state index contributed by atoms with van der Waals surface area (Å²) >= 11 is 1.70. The largest absolute Gasteiger partial charge is 0.391 e. The van der Waals surface area contributed by atoms with Crippen molar-refractivity contribution in [1.29, 1.82) is 0 Å². The summed E-state index contributed by atoms with van der Waals surface area (Å²) in [5.74, 6) is 0. The van der Waals surface area contributed by atoms with Gasteiger partial charge in [0.15, 0.2) is 0 Å². The highest BCUT2D eigenvalue weighted by molar-refractivity contribution is 7.13. The monoisotopic (exact) mass is 398 g/mol. The second-order valence-electron chi connectivity index (χ2n) is 10.3. The molecule has 0 bridgehead atoms. The Kier molecular flexibility index (Phi) is 5.35. The van der Waals surface area contributed by atoms with Gasteiger partial charge in [-0.1, -0.05) is 70.7 Å². The summed E-state index contributed by atoms with van der Waals surface area (Å²) in [5, 5.41) is 10.9. The third-order valence-electron chi connectivity index (χ3n) is 6.10. The van der Waals surface area contributed by atoms with Gasteiger partial charge in [-0.25, -0.2) is 0 Å². The highest BCUT2D eigenvalue weighted by Crippen LogP contribution is 2.47. The fourth-order valence-corrected chi connectivity index (χ4v) is 6.72. The number of rotatable bonds is 4. The van der Waals surface area contributed by atoms with E-state index >= 15 is 0 Å². The highest BCUT2D eigenvalue weighted by Gasteiger charge is 2.37. The van der Waals surface area contributed by atoms with Crippen LogP contribution in [0, 0.1) is 0 Å². The molecule has 1 aromatic carbocycles. The molecule has 2 aromatic rings. The molecule has 3 heteroatoms.